The van der Waals surface area contributed by atoms with Gasteiger partial charge in [-0.2, -0.15) is 0 Å². The van der Waals surface area contributed by atoms with Crippen molar-refractivity contribution in [1.82, 2.24) is 9.13 Å². The first-order valence-corrected chi connectivity index (χ1v) is 17.3. The Morgan fingerprint density at radius 3 is 2.53 bits per heavy atom. The van der Waals surface area contributed by atoms with Crippen LogP contribution in [0.3, 0.4) is 0 Å². The lowest BCUT2D eigenvalue weighted by Gasteiger charge is -2.26. The van der Waals surface area contributed by atoms with E-state index in [0.29, 0.717) is 42.9 Å². The van der Waals surface area contributed by atoms with Crippen LogP contribution in [-0.4, -0.2) is 28.3 Å². The van der Waals surface area contributed by atoms with Crippen molar-refractivity contribution in [3.8, 4) is 5.75 Å². The van der Waals surface area contributed by atoms with Gasteiger partial charge in [-0.15, -0.1) is 0 Å². The number of aromatic nitrogens is 2. The van der Waals surface area contributed by atoms with Crippen LogP contribution >= 0.6 is 50.5 Å². The third kappa shape index (κ3) is 6.22. The van der Waals surface area contributed by atoms with Gasteiger partial charge in [0.15, 0.2) is 4.80 Å². The van der Waals surface area contributed by atoms with Crippen molar-refractivity contribution in [3.05, 3.63) is 128 Å². The van der Waals surface area contributed by atoms with Crippen LogP contribution in [-0.2, 0) is 16.1 Å². The zero-order chi connectivity index (χ0) is 33.7. The van der Waals surface area contributed by atoms with E-state index in [4.69, 9.17) is 37.7 Å². The highest BCUT2D eigenvalue weighted by atomic mass is 79.9. The summed E-state index contributed by atoms with van der Waals surface area (Å²) in [5.74, 6) is 0.00766. The van der Waals surface area contributed by atoms with Crippen LogP contribution in [0, 0.1) is 13.8 Å². The molecule has 1 aliphatic heterocycles. The summed E-state index contributed by atoms with van der Waals surface area (Å²) >= 11 is 17.4. The number of hydrogen-bond acceptors (Lipinski definition) is 6. The molecule has 1 atom stereocenters. The van der Waals surface area contributed by atoms with E-state index in [1.54, 1.807) is 17.6 Å². The number of nitrogens with zero attached hydrogens (tertiary/aromatic N) is 3. The monoisotopic (exact) mass is 751 g/mol. The molecule has 6 rings (SSSR count). The molecule has 2 aromatic heterocycles. The Morgan fingerprint density at radius 2 is 1.83 bits per heavy atom. The molecule has 0 saturated carbocycles. The van der Waals surface area contributed by atoms with Gasteiger partial charge in [-0.3, -0.25) is 9.36 Å². The maximum Gasteiger partial charge on any atom is 0.338 e. The van der Waals surface area contributed by atoms with Gasteiger partial charge in [0.05, 0.1) is 39.1 Å². The maximum atomic E-state index is 14.5. The quantitative estimate of drug-likeness (QED) is 0.159. The molecule has 0 bridgehead atoms. The van der Waals surface area contributed by atoms with E-state index in [1.807, 2.05) is 50.3 Å². The number of aryl methyl sites for hydroxylation is 1. The van der Waals surface area contributed by atoms with E-state index < -0.39 is 12.0 Å². The number of thiazole rings is 1. The van der Waals surface area contributed by atoms with E-state index in [2.05, 4.69) is 52.5 Å². The molecule has 0 unspecified atom stereocenters. The highest BCUT2D eigenvalue weighted by Gasteiger charge is 2.35. The lowest BCUT2D eigenvalue weighted by molar-refractivity contribution is -0.136. The predicted octanol–water partition coefficient (Wildman–Crippen LogP) is 7.88. The SMILES string of the molecule is COC(=O)C1=C(C)N=c2s/c(=C\c3c(C)n(Cc4ccc(Cl)c(Cl)c4)c4ccc(C)cc34)c(=O)n2[C@@H]1c1cc(Br)ccc1OC(C)C. The first kappa shape index (κ1) is 33.3. The summed E-state index contributed by atoms with van der Waals surface area (Å²) in [6.45, 7) is 10.3. The van der Waals surface area contributed by atoms with Crippen LogP contribution in [0.15, 0.2) is 80.1 Å². The summed E-state index contributed by atoms with van der Waals surface area (Å²) in [5, 5.41) is 2.03. The molecule has 0 saturated heterocycles. The van der Waals surface area contributed by atoms with E-state index >= 15 is 0 Å². The van der Waals surface area contributed by atoms with Gasteiger partial charge in [-0.05, 0) is 88.7 Å². The highest BCUT2D eigenvalue weighted by molar-refractivity contribution is 9.10. The number of halogens is 3. The second-order valence-corrected chi connectivity index (χ2v) is 14.5. The molecule has 0 radical (unpaired) electrons. The summed E-state index contributed by atoms with van der Waals surface area (Å²) in [6.07, 6.45) is 1.80. The molecule has 0 spiro atoms. The second kappa shape index (κ2) is 13.1. The Bertz CT molecular complexity index is 2300. The van der Waals surface area contributed by atoms with Gasteiger partial charge in [-0.25, -0.2) is 9.79 Å². The molecule has 1 aliphatic rings. The summed E-state index contributed by atoms with van der Waals surface area (Å²) in [5.41, 5.74) is 6.21. The van der Waals surface area contributed by atoms with Crippen LogP contribution in [0.2, 0.25) is 10.0 Å². The summed E-state index contributed by atoms with van der Waals surface area (Å²) in [4.78, 5) is 33.0. The standard InChI is InChI=1S/C36H32BrCl2N3O4S/c1-18(2)46-30-12-9-23(37)15-26(30)33-32(35(44)45-6)20(4)40-36-42(33)34(43)31(47-36)16-24-21(5)41(29-11-7-19(3)13-25(24)29)17-22-8-10-27(38)28(39)14-22/h7-16,18,33H,17H2,1-6H3/b31-16-/t33-/m1/s1. The van der Waals surface area contributed by atoms with E-state index in [9.17, 15) is 9.59 Å². The summed E-state index contributed by atoms with van der Waals surface area (Å²) in [6, 6.07) is 16.7. The van der Waals surface area contributed by atoms with Crippen LogP contribution < -0.4 is 19.6 Å². The molecule has 0 amide bonds. The molecule has 242 valence electrons. The van der Waals surface area contributed by atoms with E-state index in [0.717, 1.165) is 37.8 Å². The molecule has 0 fully saturated rings. The number of allylic oxidation sites excluding steroid dienone is 1. The number of hydrogen-bond donors (Lipinski definition) is 0. The Hall–Kier alpha value is -3.63. The largest absolute Gasteiger partial charge is 0.491 e. The number of esters is 1. The normalized spacial score (nSPS) is 14.9. The molecule has 7 nitrogen and oxygen atoms in total. The number of benzene rings is 3. The Morgan fingerprint density at radius 1 is 1.06 bits per heavy atom. The third-order valence-corrected chi connectivity index (χ3v) is 10.4. The summed E-state index contributed by atoms with van der Waals surface area (Å²) in [7, 11) is 1.33. The van der Waals surface area contributed by atoms with E-state index in [1.165, 1.54) is 18.4 Å². The third-order valence-electron chi connectivity index (χ3n) is 8.18. The van der Waals surface area contributed by atoms with Crippen molar-refractivity contribution in [2.24, 2.45) is 4.99 Å². The van der Waals surface area contributed by atoms with Gasteiger partial charge in [0.1, 0.15) is 11.8 Å². The minimum Gasteiger partial charge on any atom is -0.491 e. The van der Waals surface area contributed by atoms with E-state index in [-0.39, 0.29) is 17.2 Å². The zero-order valence-corrected chi connectivity index (χ0v) is 30.6. The van der Waals surface area contributed by atoms with Crippen molar-refractivity contribution in [3.63, 3.8) is 0 Å². The second-order valence-electron chi connectivity index (χ2n) is 11.8. The minimum absolute atomic E-state index is 0.134. The first-order chi connectivity index (χ1) is 22.4. The lowest BCUT2D eigenvalue weighted by Crippen LogP contribution is -2.40. The molecule has 47 heavy (non-hydrogen) atoms. The molecular weight excluding hydrogens is 721 g/mol. The van der Waals surface area contributed by atoms with Crippen LogP contribution in [0.4, 0.5) is 0 Å². The number of ether oxygens (including phenoxy) is 2. The van der Waals surface area contributed by atoms with Gasteiger partial charge in [0.2, 0.25) is 0 Å². The predicted molar refractivity (Wildman–Crippen MR) is 193 cm³/mol. The van der Waals surface area contributed by atoms with Crippen LogP contribution in [0.25, 0.3) is 17.0 Å². The number of fused-ring (bicyclic) bond motifs is 2. The van der Waals surface area contributed by atoms with Gasteiger partial charge in [0.25, 0.3) is 5.56 Å². The maximum absolute atomic E-state index is 14.5. The van der Waals surface area contributed by atoms with Gasteiger partial charge in [0, 0.05) is 38.7 Å². The van der Waals surface area contributed by atoms with Crippen molar-refractivity contribution in [2.45, 2.75) is 53.3 Å². The average Bonchev–Trinajstić information content (AvgIpc) is 3.46. The molecule has 3 aromatic carbocycles. The number of carbonyl (C=O) groups excluding carboxylic acids is 1. The average molecular weight is 754 g/mol. The molecule has 11 heteroatoms. The zero-order valence-electron chi connectivity index (χ0n) is 26.7. The first-order valence-electron chi connectivity index (χ1n) is 15.0. The smallest absolute Gasteiger partial charge is 0.338 e. The fraction of sp³-hybridized carbons (Fsp3) is 0.250. The minimum atomic E-state index is -0.813. The Balaban J connectivity index is 1.59. The Labute approximate surface area is 294 Å². The lowest BCUT2D eigenvalue weighted by atomic mass is 9.95. The van der Waals surface area contributed by atoms with Gasteiger partial charge >= 0.3 is 5.97 Å². The number of carbonyl (C=O) groups is 1. The van der Waals surface area contributed by atoms with Crippen molar-refractivity contribution in [1.29, 1.82) is 0 Å². The topological polar surface area (TPSA) is 74.8 Å². The van der Waals surface area contributed by atoms with Gasteiger partial charge in [-0.1, -0.05) is 68.2 Å². The molecule has 3 heterocycles. The van der Waals surface area contributed by atoms with Crippen molar-refractivity contribution < 1.29 is 14.3 Å². The molecule has 5 aromatic rings. The van der Waals surface area contributed by atoms with Crippen LogP contribution in [0.5, 0.6) is 5.75 Å². The highest BCUT2D eigenvalue weighted by Crippen LogP contribution is 2.38. The summed E-state index contributed by atoms with van der Waals surface area (Å²) < 4.78 is 16.5. The van der Waals surface area contributed by atoms with Crippen molar-refractivity contribution >= 4 is 73.4 Å². The van der Waals surface area contributed by atoms with Crippen molar-refractivity contribution in [2.75, 3.05) is 7.11 Å². The Kier molecular flexibility index (Phi) is 9.28. The number of methoxy groups -OCH3 is 1. The fourth-order valence-electron chi connectivity index (χ4n) is 6.04. The number of rotatable bonds is 7. The van der Waals surface area contributed by atoms with Gasteiger partial charge < -0.3 is 14.0 Å². The molecular formula is C36H32BrCl2N3O4S. The molecule has 0 aliphatic carbocycles. The van der Waals surface area contributed by atoms with Crippen LogP contribution in [0.1, 0.15) is 54.8 Å². The fourth-order valence-corrected chi connectivity index (χ4v) is 7.77. The molecule has 0 N–H and O–H groups in total.